The maximum absolute atomic E-state index is 4.72. The first-order valence-corrected chi connectivity index (χ1v) is 9.88. The molecule has 0 saturated carbocycles. The van der Waals surface area contributed by atoms with Gasteiger partial charge in [0, 0.05) is 28.0 Å². The van der Waals surface area contributed by atoms with Crippen molar-refractivity contribution in [3.05, 3.63) is 77.5 Å². The Hall–Kier alpha value is -2.90. The van der Waals surface area contributed by atoms with Crippen molar-refractivity contribution >= 4 is 32.2 Å². The van der Waals surface area contributed by atoms with Crippen molar-refractivity contribution in [2.75, 3.05) is 0 Å². The van der Waals surface area contributed by atoms with Crippen molar-refractivity contribution in [2.24, 2.45) is 0 Å². The molecule has 5 nitrogen and oxygen atoms in total. The van der Waals surface area contributed by atoms with Gasteiger partial charge in [0.2, 0.25) is 4.96 Å². The molecule has 0 aliphatic heterocycles. The second-order valence-corrected chi connectivity index (χ2v) is 7.83. The molecule has 130 valence electrons. The summed E-state index contributed by atoms with van der Waals surface area (Å²) in [4.78, 5) is 4.95. The summed E-state index contributed by atoms with van der Waals surface area (Å²) in [6, 6.07) is 20.7. The number of pyridine rings is 1. The van der Waals surface area contributed by atoms with Gasteiger partial charge >= 0.3 is 0 Å². The van der Waals surface area contributed by atoms with E-state index in [1.54, 1.807) is 16.9 Å². The highest BCUT2D eigenvalue weighted by Gasteiger charge is 2.15. The Morgan fingerprint density at radius 3 is 2.30 bits per heavy atom. The van der Waals surface area contributed by atoms with Crippen LogP contribution in [-0.4, -0.2) is 24.8 Å². The lowest BCUT2D eigenvalue weighted by atomic mass is 10.0. The molecule has 0 saturated heterocycles. The van der Waals surface area contributed by atoms with Gasteiger partial charge in [-0.2, -0.15) is 9.61 Å². The summed E-state index contributed by atoms with van der Waals surface area (Å²) in [6.45, 7) is 0. The number of halogens is 1. The van der Waals surface area contributed by atoms with Crippen LogP contribution in [-0.2, 0) is 0 Å². The number of rotatable bonds is 3. The van der Waals surface area contributed by atoms with Crippen LogP contribution in [0.25, 0.3) is 38.0 Å². The first-order chi connectivity index (χ1) is 13.3. The number of fused-ring (bicyclic) bond motifs is 1. The third-order valence-electron chi connectivity index (χ3n) is 4.19. The number of aromatic nitrogens is 5. The first-order valence-electron chi connectivity index (χ1n) is 8.27. The van der Waals surface area contributed by atoms with Gasteiger partial charge < -0.3 is 0 Å². The number of nitrogens with zero attached hydrogens (tertiary/aromatic N) is 5. The van der Waals surface area contributed by atoms with Crippen LogP contribution in [0.4, 0.5) is 0 Å². The largest absolute Gasteiger partial charge is 0.263 e. The van der Waals surface area contributed by atoms with E-state index in [0.717, 1.165) is 25.6 Å². The summed E-state index contributed by atoms with van der Waals surface area (Å²) in [7, 11) is 0. The molecule has 2 aromatic carbocycles. The average Bonchev–Trinajstić information content (AvgIpc) is 3.30. The van der Waals surface area contributed by atoms with Crippen molar-refractivity contribution in [1.82, 2.24) is 24.8 Å². The van der Waals surface area contributed by atoms with Crippen molar-refractivity contribution in [3.8, 4) is 33.1 Å². The normalized spacial score (nSPS) is 11.1. The van der Waals surface area contributed by atoms with E-state index in [0.29, 0.717) is 5.82 Å². The lowest BCUT2D eigenvalue weighted by molar-refractivity contribution is 0.968. The van der Waals surface area contributed by atoms with Gasteiger partial charge in [0.15, 0.2) is 5.82 Å². The van der Waals surface area contributed by atoms with Crippen LogP contribution in [0.1, 0.15) is 0 Å². The van der Waals surface area contributed by atoms with Gasteiger partial charge in [-0.15, -0.1) is 10.2 Å². The molecular formula is C20H12BrN5S. The Bertz CT molecular complexity index is 1230. The number of hydrogen-bond donors (Lipinski definition) is 0. The first kappa shape index (κ1) is 16.3. The maximum atomic E-state index is 4.72. The second kappa shape index (κ2) is 6.68. The fraction of sp³-hybridized carbons (Fsp3) is 0. The minimum Gasteiger partial charge on any atom is -0.263 e. The zero-order chi connectivity index (χ0) is 18.2. The third-order valence-corrected chi connectivity index (χ3v) is 5.57. The molecule has 0 N–H and O–H groups in total. The molecule has 5 rings (SSSR count). The monoisotopic (exact) mass is 433 g/mol. The fourth-order valence-corrected chi connectivity index (χ4v) is 4.09. The van der Waals surface area contributed by atoms with E-state index >= 15 is 0 Å². The van der Waals surface area contributed by atoms with E-state index in [4.69, 9.17) is 5.10 Å². The molecule has 7 heteroatoms. The Morgan fingerprint density at radius 1 is 0.778 bits per heavy atom. The van der Waals surface area contributed by atoms with Crippen LogP contribution in [0.5, 0.6) is 0 Å². The molecule has 0 aliphatic rings. The van der Waals surface area contributed by atoms with Crippen LogP contribution < -0.4 is 0 Å². The summed E-state index contributed by atoms with van der Waals surface area (Å²) < 4.78 is 2.66. The van der Waals surface area contributed by atoms with E-state index in [-0.39, 0.29) is 0 Å². The predicted octanol–water partition coefficient (Wildman–Crippen LogP) is 5.34. The van der Waals surface area contributed by atoms with Gasteiger partial charge in [-0.1, -0.05) is 65.9 Å². The van der Waals surface area contributed by atoms with E-state index in [2.05, 4.69) is 67.5 Å². The molecular weight excluding hydrogens is 422 g/mol. The van der Waals surface area contributed by atoms with Crippen molar-refractivity contribution < 1.29 is 0 Å². The zero-order valence-corrected chi connectivity index (χ0v) is 16.4. The van der Waals surface area contributed by atoms with Crippen LogP contribution >= 0.6 is 27.3 Å². The average molecular weight is 434 g/mol. The predicted molar refractivity (Wildman–Crippen MR) is 110 cm³/mol. The smallest absolute Gasteiger partial charge is 0.235 e. The summed E-state index contributed by atoms with van der Waals surface area (Å²) in [5.74, 6) is 0.683. The molecule has 0 bridgehead atoms. The molecule has 0 unspecified atom stereocenters. The topological polar surface area (TPSA) is 56.0 Å². The second-order valence-electron chi connectivity index (χ2n) is 5.96. The van der Waals surface area contributed by atoms with Crippen LogP contribution in [0, 0.1) is 0 Å². The fourth-order valence-electron chi connectivity index (χ4n) is 2.88. The molecule has 0 amide bonds. The summed E-state index contributed by atoms with van der Waals surface area (Å²) >= 11 is 4.96. The molecule has 0 fully saturated rings. The summed E-state index contributed by atoms with van der Waals surface area (Å²) in [5.41, 5.74) is 4.31. The van der Waals surface area contributed by atoms with Gasteiger partial charge in [0.05, 0.1) is 0 Å². The lowest BCUT2D eigenvalue weighted by Gasteiger charge is -2.02. The van der Waals surface area contributed by atoms with Crippen molar-refractivity contribution in [2.45, 2.75) is 0 Å². The highest BCUT2D eigenvalue weighted by atomic mass is 79.9. The summed E-state index contributed by atoms with van der Waals surface area (Å²) in [6.07, 6.45) is 3.50. The number of hydrogen-bond acceptors (Lipinski definition) is 5. The summed E-state index contributed by atoms with van der Waals surface area (Å²) in [5, 5.41) is 14.1. The lowest BCUT2D eigenvalue weighted by Crippen LogP contribution is -1.91. The van der Waals surface area contributed by atoms with Crippen LogP contribution in [0.2, 0.25) is 0 Å². The molecule has 0 aliphatic carbocycles. The Kier molecular flexibility index (Phi) is 4.03. The SMILES string of the molecule is Brc1cncc(-c2nnc3sc(-c4ccc(-c5ccccc5)cc4)nn23)c1. The Morgan fingerprint density at radius 2 is 1.52 bits per heavy atom. The van der Waals surface area contributed by atoms with Crippen LogP contribution in [0.15, 0.2) is 77.5 Å². The molecule has 3 heterocycles. The van der Waals surface area contributed by atoms with E-state index in [9.17, 15) is 0 Å². The highest BCUT2D eigenvalue weighted by Crippen LogP contribution is 2.30. The van der Waals surface area contributed by atoms with Gasteiger partial charge in [0.25, 0.3) is 0 Å². The molecule has 3 aromatic heterocycles. The van der Waals surface area contributed by atoms with E-state index in [1.165, 1.54) is 22.5 Å². The molecule has 0 radical (unpaired) electrons. The van der Waals surface area contributed by atoms with Crippen molar-refractivity contribution in [1.29, 1.82) is 0 Å². The van der Waals surface area contributed by atoms with Gasteiger partial charge in [-0.3, -0.25) is 4.98 Å². The Balaban J connectivity index is 1.53. The molecule has 5 aromatic rings. The quantitative estimate of drug-likeness (QED) is 0.385. The van der Waals surface area contributed by atoms with Gasteiger partial charge in [-0.05, 0) is 33.1 Å². The minimum atomic E-state index is 0.683. The minimum absolute atomic E-state index is 0.683. The number of benzene rings is 2. The molecule has 0 spiro atoms. The Labute approximate surface area is 167 Å². The third kappa shape index (κ3) is 3.05. The van der Waals surface area contributed by atoms with E-state index < -0.39 is 0 Å². The van der Waals surface area contributed by atoms with Gasteiger partial charge in [-0.25, -0.2) is 0 Å². The maximum Gasteiger partial charge on any atom is 0.235 e. The molecule has 0 atom stereocenters. The molecule has 27 heavy (non-hydrogen) atoms. The van der Waals surface area contributed by atoms with Gasteiger partial charge in [0.1, 0.15) is 5.01 Å². The van der Waals surface area contributed by atoms with Crippen LogP contribution in [0.3, 0.4) is 0 Å². The van der Waals surface area contributed by atoms with E-state index in [1.807, 2.05) is 24.3 Å². The zero-order valence-electron chi connectivity index (χ0n) is 14.0. The standard InChI is InChI=1S/C20H12BrN5S/c21-17-10-16(11-22-12-17)18-23-24-20-26(18)25-19(27-20)15-8-6-14(7-9-15)13-4-2-1-3-5-13/h1-12H. The van der Waals surface area contributed by atoms with Crippen molar-refractivity contribution in [3.63, 3.8) is 0 Å². The highest BCUT2D eigenvalue weighted by molar-refractivity contribution is 9.10.